The maximum atomic E-state index is 11.1. The summed E-state index contributed by atoms with van der Waals surface area (Å²) >= 11 is 12.5. The van der Waals surface area contributed by atoms with Crippen molar-refractivity contribution in [3.05, 3.63) is 81.6 Å². The summed E-state index contributed by atoms with van der Waals surface area (Å²) in [6, 6.07) is 16.3. The van der Waals surface area contributed by atoms with Crippen molar-refractivity contribution in [2.24, 2.45) is 7.05 Å². The van der Waals surface area contributed by atoms with Crippen LogP contribution in [0, 0.1) is 0 Å². The molecular weight excluding hydrogens is 527 g/mol. The van der Waals surface area contributed by atoms with Crippen LogP contribution < -0.4 is 14.2 Å². The number of aryl methyl sites for hydroxylation is 2. The largest absolute Gasteiger partial charge is 0.497 e. The second-order valence-corrected chi connectivity index (χ2v) is 8.70. The van der Waals surface area contributed by atoms with Gasteiger partial charge in [-0.05, 0) is 42.3 Å². The summed E-state index contributed by atoms with van der Waals surface area (Å²) in [6.07, 6.45) is 0.292. The molecule has 0 amide bonds. The molecule has 0 unspecified atom stereocenters. The number of fused-ring (bicyclic) bond motifs is 1. The van der Waals surface area contributed by atoms with Crippen molar-refractivity contribution in [1.29, 1.82) is 0 Å². The molecule has 0 spiro atoms. The van der Waals surface area contributed by atoms with E-state index in [1.807, 2.05) is 35.9 Å². The number of methoxy groups -OCH3 is 1. The summed E-state index contributed by atoms with van der Waals surface area (Å²) in [5, 5.41) is 10.1. The second-order valence-electron chi connectivity index (χ2n) is 7.88. The van der Waals surface area contributed by atoms with Gasteiger partial charge < -0.3 is 23.9 Å². The van der Waals surface area contributed by atoms with Gasteiger partial charge in [0.2, 0.25) is 0 Å². The van der Waals surface area contributed by atoms with Gasteiger partial charge in [-0.3, -0.25) is 4.79 Å². The van der Waals surface area contributed by atoms with Gasteiger partial charge in [-0.25, -0.2) is 4.98 Å². The Morgan fingerprint density at radius 2 is 1.72 bits per heavy atom. The van der Waals surface area contributed by atoms with Gasteiger partial charge in [-0.1, -0.05) is 35.3 Å². The molecule has 0 radical (unpaired) electrons. The average Bonchev–Trinajstić information content (AvgIpc) is 3.16. The number of carboxylic acid groups (broad SMARTS) is 1. The first-order valence-electron chi connectivity index (χ1n) is 10.9. The highest BCUT2D eigenvalue weighted by atomic mass is 35.5. The summed E-state index contributed by atoms with van der Waals surface area (Å²) in [4.78, 5) is 15.8. The Hall–Kier alpha value is -3.13. The van der Waals surface area contributed by atoms with E-state index >= 15 is 0 Å². The molecular formula is C26H25Cl3N2O5. The first-order valence-corrected chi connectivity index (χ1v) is 11.6. The van der Waals surface area contributed by atoms with Crippen LogP contribution in [0.4, 0.5) is 0 Å². The molecule has 4 aromatic rings. The predicted octanol–water partition coefficient (Wildman–Crippen LogP) is 6.49. The maximum absolute atomic E-state index is 11.1. The highest BCUT2D eigenvalue weighted by Gasteiger charge is 2.13. The molecule has 1 N–H and O–H groups in total. The first kappa shape index (κ1) is 27.5. The Kier molecular flexibility index (Phi) is 9.31. The molecule has 4 rings (SSSR count). The number of ether oxygens (including phenoxy) is 3. The van der Waals surface area contributed by atoms with Crippen molar-refractivity contribution in [1.82, 2.24) is 9.55 Å². The Morgan fingerprint density at radius 3 is 2.42 bits per heavy atom. The molecule has 0 saturated carbocycles. The molecule has 3 aromatic carbocycles. The number of aliphatic carboxylic acids is 1. The Morgan fingerprint density at radius 1 is 1.00 bits per heavy atom. The number of rotatable bonds is 10. The lowest BCUT2D eigenvalue weighted by atomic mass is 10.1. The molecule has 0 aliphatic heterocycles. The first-order chi connectivity index (χ1) is 16.9. The standard InChI is InChI=1S/C26H24Cl2N2O5.ClH/c1-30-23-12-17(33-2)9-10-22(23)29-25(30)15-34-18-8-6-16(7-11-26(31)32)24(13-18)35-14-19-20(27)4-3-5-21(19)28;/h3-6,8-10,12-13H,7,11,14-15H2,1-2H3,(H,31,32);1H. The normalized spacial score (nSPS) is 10.7. The number of hydrogen-bond acceptors (Lipinski definition) is 5. The summed E-state index contributed by atoms with van der Waals surface area (Å²) in [7, 11) is 3.55. The molecule has 0 aliphatic rings. The lowest BCUT2D eigenvalue weighted by molar-refractivity contribution is -0.136. The summed E-state index contributed by atoms with van der Waals surface area (Å²) in [6.45, 7) is 0.367. The molecule has 0 bridgehead atoms. The summed E-state index contributed by atoms with van der Waals surface area (Å²) < 4.78 is 19.3. The van der Waals surface area contributed by atoms with E-state index in [-0.39, 0.29) is 32.0 Å². The second kappa shape index (κ2) is 12.2. The van der Waals surface area contributed by atoms with Crippen LogP contribution in [0.3, 0.4) is 0 Å². The number of halogens is 3. The number of carboxylic acids is 1. The Bertz CT molecular complexity index is 1350. The Balaban J connectivity index is 0.00000361. The van der Waals surface area contributed by atoms with Crippen LogP contribution in [-0.4, -0.2) is 27.7 Å². The summed E-state index contributed by atoms with van der Waals surface area (Å²) in [5.74, 6) is 1.69. The van der Waals surface area contributed by atoms with Crippen molar-refractivity contribution < 1.29 is 24.1 Å². The van der Waals surface area contributed by atoms with Crippen molar-refractivity contribution in [2.75, 3.05) is 7.11 Å². The van der Waals surface area contributed by atoms with Crippen LogP contribution in [-0.2, 0) is 31.5 Å². The zero-order valence-corrected chi connectivity index (χ0v) is 22.0. The lowest BCUT2D eigenvalue weighted by Crippen LogP contribution is -2.05. The molecule has 10 heteroatoms. The van der Waals surface area contributed by atoms with E-state index in [4.69, 9.17) is 42.5 Å². The van der Waals surface area contributed by atoms with Crippen molar-refractivity contribution in [3.63, 3.8) is 0 Å². The fourth-order valence-corrected chi connectivity index (χ4v) is 4.16. The van der Waals surface area contributed by atoms with Crippen LogP contribution in [0.2, 0.25) is 10.0 Å². The van der Waals surface area contributed by atoms with Crippen molar-refractivity contribution in [3.8, 4) is 17.2 Å². The minimum Gasteiger partial charge on any atom is -0.497 e. The molecule has 0 aliphatic carbocycles. The predicted molar refractivity (Wildman–Crippen MR) is 142 cm³/mol. The topological polar surface area (TPSA) is 82.8 Å². The third-order valence-corrected chi connectivity index (χ3v) is 6.34. The third-order valence-electron chi connectivity index (χ3n) is 5.63. The van der Waals surface area contributed by atoms with E-state index in [1.165, 1.54) is 0 Å². The number of hydrogen-bond donors (Lipinski definition) is 1. The van der Waals surface area contributed by atoms with E-state index in [0.29, 0.717) is 33.5 Å². The number of aromatic nitrogens is 2. The Labute approximate surface area is 224 Å². The van der Waals surface area contributed by atoms with Gasteiger partial charge in [0.05, 0.1) is 18.1 Å². The molecule has 0 saturated heterocycles. The van der Waals surface area contributed by atoms with Crippen LogP contribution >= 0.6 is 35.6 Å². The summed E-state index contributed by atoms with van der Waals surface area (Å²) in [5.41, 5.74) is 3.18. The highest BCUT2D eigenvalue weighted by molar-refractivity contribution is 6.35. The number of nitrogens with zero attached hydrogens (tertiary/aromatic N) is 2. The van der Waals surface area contributed by atoms with Crippen molar-refractivity contribution >= 4 is 52.6 Å². The van der Waals surface area contributed by atoms with E-state index in [1.54, 1.807) is 37.4 Å². The van der Waals surface area contributed by atoms with Gasteiger partial charge in [-0.2, -0.15) is 0 Å². The SMILES string of the molecule is COc1ccc2nc(COc3ccc(CCC(=O)O)c(OCc4c(Cl)cccc4Cl)c3)n(C)c2c1.Cl. The molecule has 190 valence electrons. The molecule has 0 fully saturated rings. The molecule has 1 aromatic heterocycles. The molecule has 36 heavy (non-hydrogen) atoms. The third kappa shape index (κ3) is 6.35. The van der Waals surface area contributed by atoms with E-state index in [0.717, 1.165) is 28.2 Å². The van der Waals surface area contributed by atoms with E-state index < -0.39 is 5.97 Å². The molecule has 0 atom stereocenters. The van der Waals surface area contributed by atoms with Gasteiger partial charge in [0.15, 0.2) is 0 Å². The number of carbonyl (C=O) groups is 1. The van der Waals surface area contributed by atoms with Crippen LogP contribution in [0.5, 0.6) is 17.2 Å². The van der Waals surface area contributed by atoms with Gasteiger partial charge in [0.25, 0.3) is 0 Å². The average molecular weight is 552 g/mol. The molecule has 7 nitrogen and oxygen atoms in total. The van der Waals surface area contributed by atoms with Crippen molar-refractivity contribution in [2.45, 2.75) is 26.1 Å². The fourth-order valence-electron chi connectivity index (χ4n) is 3.65. The van der Waals surface area contributed by atoms with Gasteiger partial charge in [0.1, 0.15) is 36.3 Å². The van der Waals surface area contributed by atoms with Crippen LogP contribution in [0.1, 0.15) is 23.4 Å². The lowest BCUT2D eigenvalue weighted by Gasteiger charge is -2.15. The van der Waals surface area contributed by atoms with Crippen LogP contribution in [0.15, 0.2) is 54.6 Å². The van der Waals surface area contributed by atoms with Gasteiger partial charge in [0, 0.05) is 41.2 Å². The van der Waals surface area contributed by atoms with Gasteiger partial charge in [-0.15, -0.1) is 12.4 Å². The minimum atomic E-state index is -0.885. The quantitative estimate of drug-likeness (QED) is 0.243. The zero-order valence-electron chi connectivity index (χ0n) is 19.7. The number of imidazole rings is 1. The molecule has 1 heterocycles. The monoisotopic (exact) mass is 550 g/mol. The van der Waals surface area contributed by atoms with E-state index in [9.17, 15) is 4.79 Å². The smallest absolute Gasteiger partial charge is 0.303 e. The highest BCUT2D eigenvalue weighted by Crippen LogP contribution is 2.31. The van der Waals surface area contributed by atoms with Crippen LogP contribution in [0.25, 0.3) is 11.0 Å². The fraction of sp³-hybridized carbons (Fsp3) is 0.231. The number of benzene rings is 3. The van der Waals surface area contributed by atoms with Gasteiger partial charge >= 0.3 is 5.97 Å². The maximum Gasteiger partial charge on any atom is 0.303 e. The minimum absolute atomic E-state index is 0. The van der Waals surface area contributed by atoms with E-state index in [2.05, 4.69) is 4.98 Å². The zero-order chi connectivity index (χ0) is 24.9.